The molecule has 1 aliphatic heterocycles. The van der Waals surface area contributed by atoms with Crippen molar-refractivity contribution in [2.75, 3.05) is 13.1 Å². The highest BCUT2D eigenvalue weighted by molar-refractivity contribution is 5.94. The summed E-state index contributed by atoms with van der Waals surface area (Å²) in [5.74, 6) is -1.61. The first-order valence-electron chi connectivity index (χ1n) is 7.39. The SMILES string of the molecule is CC(C(=O)O)C1CCN(C(=O)c2ccc(C(F)(F)F)cc2)CC1. The van der Waals surface area contributed by atoms with E-state index in [1.807, 2.05) is 0 Å². The average molecular weight is 329 g/mol. The molecule has 0 aromatic heterocycles. The van der Waals surface area contributed by atoms with Gasteiger partial charge in [0.05, 0.1) is 11.5 Å². The number of carboxylic acid groups (broad SMARTS) is 1. The Morgan fingerprint density at radius 2 is 1.70 bits per heavy atom. The molecule has 1 aromatic carbocycles. The van der Waals surface area contributed by atoms with Gasteiger partial charge < -0.3 is 10.0 Å². The fraction of sp³-hybridized carbons (Fsp3) is 0.500. The summed E-state index contributed by atoms with van der Waals surface area (Å²) in [4.78, 5) is 24.8. The second-order valence-electron chi connectivity index (χ2n) is 5.83. The zero-order chi connectivity index (χ0) is 17.2. The van der Waals surface area contributed by atoms with E-state index in [0.29, 0.717) is 25.9 Å². The fourth-order valence-corrected chi connectivity index (χ4v) is 2.79. The number of piperidine rings is 1. The summed E-state index contributed by atoms with van der Waals surface area (Å²) in [6.45, 7) is 2.49. The molecular formula is C16H18F3NO3. The molecule has 1 heterocycles. The van der Waals surface area contributed by atoms with E-state index in [1.54, 1.807) is 11.8 Å². The monoisotopic (exact) mass is 329 g/mol. The molecule has 1 aliphatic rings. The topological polar surface area (TPSA) is 57.6 Å². The number of alkyl halides is 3. The van der Waals surface area contributed by atoms with Gasteiger partial charge >= 0.3 is 12.1 Å². The summed E-state index contributed by atoms with van der Waals surface area (Å²) in [5, 5.41) is 9.01. The van der Waals surface area contributed by atoms with Gasteiger partial charge in [-0.1, -0.05) is 6.92 Å². The molecule has 1 N–H and O–H groups in total. The number of hydrogen-bond donors (Lipinski definition) is 1. The van der Waals surface area contributed by atoms with E-state index in [9.17, 15) is 22.8 Å². The van der Waals surface area contributed by atoms with Crippen molar-refractivity contribution in [2.45, 2.75) is 25.9 Å². The Bertz CT molecular complexity index is 575. The number of carbonyl (C=O) groups excluding carboxylic acids is 1. The molecule has 7 heteroatoms. The molecule has 1 fully saturated rings. The Labute approximate surface area is 131 Å². The highest BCUT2D eigenvalue weighted by Gasteiger charge is 2.32. The molecule has 0 spiro atoms. The quantitative estimate of drug-likeness (QED) is 0.926. The van der Waals surface area contributed by atoms with E-state index in [4.69, 9.17) is 5.11 Å². The lowest BCUT2D eigenvalue weighted by Gasteiger charge is -2.33. The van der Waals surface area contributed by atoms with E-state index in [1.165, 1.54) is 12.1 Å². The van der Waals surface area contributed by atoms with Crippen molar-refractivity contribution < 1.29 is 27.9 Å². The number of halogens is 3. The average Bonchev–Trinajstić information content (AvgIpc) is 2.53. The predicted octanol–water partition coefficient (Wildman–Crippen LogP) is 3.28. The molecule has 1 saturated heterocycles. The normalized spacial score (nSPS) is 17.8. The molecule has 0 radical (unpaired) electrons. The second kappa shape index (κ2) is 6.60. The van der Waals surface area contributed by atoms with Crippen LogP contribution in [0.2, 0.25) is 0 Å². The molecule has 1 unspecified atom stereocenters. The maximum absolute atomic E-state index is 12.5. The molecule has 0 aliphatic carbocycles. The van der Waals surface area contributed by atoms with E-state index in [-0.39, 0.29) is 17.4 Å². The molecule has 23 heavy (non-hydrogen) atoms. The van der Waals surface area contributed by atoms with Gasteiger partial charge in [-0.3, -0.25) is 9.59 Å². The Balaban J connectivity index is 1.99. The van der Waals surface area contributed by atoms with Crippen LogP contribution >= 0.6 is 0 Å². The van der Waals surface area contributed by atoms with Crippen LogP contribution in [0.1, 0.15) is 35.7 Å². The van der Waals surface area contributed by atoms with Crippen LogP contribution in [0.25, 0.3) is 0 Å². The number of nitrogens with zero attached hydrogens (tertiary/aromatic N) is 1. The van der Waals surface area contributed by atoms with Crippen molar-refractivity contribution in [3.63, 3.8) is 0 Å². The summed E-state index contributed by atoms with van der Waals surface area (Å²) < 4.78 is 37.5. The smallest absolute Gasteiger partial charge is 0.416 e. The minimum absolute atomic E-state index is 0.0177. The minimum Gasteiger partial charge on any atom is -0.481 e. The summed E-state index contributed by atoms with van der Waals surface area (Å²) in [5.41, 5.74) is -0.578. The summed E-state index contributed by atoms with van der Waals surface area (Å²) in [7, 11) is 0. The van der Waals surface area contributed by atoms with Crippen LogP contribution in [0.3, 0.4) is 0 Å². The third-order valence-electron chi connectivity index (χ3n) is 4.38. The van der Waals surface area contributed by atoms with Gasteiger partial charge in [0.15, 0.2) is 0 Å². The van der Waals surface area contributed by atoms with Gasteiger partial charge in [0.25, 0.3) is 5.91 Å². The number of carboxylic acids is 1. The van der Waals surface area contributed by atoms with E-state index in [2.05, 4.69) is 0 Å². The zero-order valence-electron chi connectivity index (χ0n) is 12.6. The summed E-state index contributed by atoms with van der Waals surface area (Å²) >= 11 is 0. The number of benzene rings is 1. The van der Waals surface area contributed by atoms with Gasteiger partial charge in [0, 0.05) is 18.7 Å². The third kappa shape index (κ3) is 4.03. The Hall–Kier alpha value is -2.05. The minimum atomic E-state index is -4.42. The number of rotatable bonds is 3. The van der Waals surface area contributed by atoms with Gasteiger partial charge in [0.2, 0.25) is 0 Å². The molecule has 0 saturated carbocycles. The number of hydrogen-bond acceptors (Lipinski definition) is 2. The maximum Gasteiger partial charge on any atom is 0.416 e. The number of carbonyl (C=O) groups is 2. The van der Waals surface area contributed by atoms with Crippen LogP contribution in [0.4, 0.5) is 13.2 Å². The molecular weight excluding hydrogens is 311 g/mol. The zero-order valence-corrected chi connectivity index (χ0v) is 12.6. The van der Waals surface area contributed by atoms with Crippen molar-refractivity contribution in [3.8, 4) is 0 Å². The number of amides is 1. The molecule has 4 nitrogen and oxygen atoms in total. The largest absolute Gasteiger partial charge is 0.481 e. The lowest BCUT2D eigenvalue weighted by molar-refractivity contribution is -0.143. The van der Waals surface area contributed by atoms with Gasteiger partial charge in [-0.25, -0.2) is 0 Å². The molecule has 1 atom stereocenters. The lowest BCUT2D eigenvalue weighted by atomic mass is 9.85. The number of aliphatic carboxylic acids is 1. The van der Waals surface area contributed by atoms with Crippen molar-refractivity contribution in [1.82, 2.24) is 4.90 Å². The molecule has 1 amide bonds. The first kappa shape index (κ1) is 17.3. The highest BCUT2D eigenvalue weighted by atomic mass is 19.4. The van der Waals surface area contributed by atoms with E-state index >= 15 is 0 Å². The van der Waals surface area contributed by atoms with E-state index in [0.717, 1.165) is 12.1 Å². The van der Waals surface area contributed by atoms with Gasteiger partial charge in [-0.05, 0) is 43.0 Å². The van der Waals surface area contributed by atoms with Crippen LogP contribution in [0.5, 0.6) is 0 Å². The molecule has 0 bridgehead atoms. The lowest BCUT2D eigenvalue weighted by Crippen LogP contribution is -2.40. The number of likely N-dealkylation sites (tertiary alicyclic amines) is 1. The Kier molecular flexibility index (Phi) is 4.97. The van der Waals surface area contributed by atoms with Crippen molar-refractivity contribution >= 4 is 11.9 Å². The van der Waals surface area contributed by atoms with Crippen molar-refractivity contribution in [2.24, 2.45) is 11.8 Å². The second-order valence-corrected chi connectivity index (χ2v) is 5.83. The molecule has 2 rings (SSSR count). The van der Waals surface area contributed by atoms with Crippen LogP contribution in [0.15, 0.2) is 24.3 Å². The Morgan fingerprint density at radius 3 is 2.13 bits per heavy atom. The highest BCUT2D eigenvalue weighted by Crippen LogP contribution is 2.30. The molecule has 126 valence electrons. The third-order valence-corrected chi connectivity index (χ3v) is 4.38. The standard InChI is InChI=1S/C16H18F3NO3/c1-10(15(22)23)11-6-8-20(9-7-11)14(21)12-2-4-13(5-3-12)16(17,18)19/h2-5,10-11H,6-9H2,1H3,(H,22,23). The first-order chi connectivity index (χ1) is 10.7. The molecule has 1 aromatic rings. The van der Waals surface area contributed by atoms with Crippen molar-refractivity contribution in [3.05, 3.63) is 35.4 Å². The van der Waals surface area contributed by atoms with Crippen LogP contribution in [0, 0.1) is 11.8 Å². The van der Waals surface area contributed by atoms with Crippen LogP contribution < -0.4 is 0 Å². The van der Waals surface area contributed by atoms with Crippen LogP contribution in [-0.2, 0) is 11.0 Å². The summed E-state index contributed by atoms with van der Waals surface area (Å²) in [6, 6.07) is 4.15. The van der Waals surface area contributed by atoms with Crippen molar-refractivity contribution in [1.29, 1.82) is 0 Å². The predicted molar refractivity (Wildman–Crippen MR) is 76.9 cm³/mol. The van der Waals surface area contributed by atoms with Gasteiger partial charge in [-0.15, -0.1) is 0 Å². The Morgan fingerprint density at radius 1 is 1.17 bits per heavy atom. The fourth-order valence-electron chi connectivity index (χ4n) is 2.79. The van der Waals surface area contributed by atoms with E-state index < -0.39 is 23.6 Å². The van der Waals surface area contributed by atoms with Gasteiger partial charge in [-0.2, -0.15) is 13.2 Å². The summed E-state index contributed by atoms with van der Waals surface area (Å²) in [6.07, 6.45) is -3.26. The maximum atomic E-state index is 12.5. The van der Waals surface area contributed by atoms with Gasteiger partial charge in [0.1, 0.15) is 0 Å². The van der Waals surface area contributed by atoms with Crippen LogP contribution in [-0.4, -0.2) is 35.0 Å². The first-order valence-corrected chi connectivity index (χ1v) is 7.39.